The van der Waals surface area contributed by atoms with Gasteiger partial charge in [-0.2, -0.15) is 0 Å². The lowest BCUT2D eigenvalue weighted by atomic mass is 10.3. The Morgan fingerprint density at radius 1 is 1.44 bits per heavy atom. The van der Waals surface area contributed by atoms with Crippen LogP contribution in [0.25, 0.3) is 0 Å². The number of hydrogen-bond acceptors (Lipinski definition) is 6. The van der Waals surface area contributed by atoms with E-state index in [-0.39, 0.29) is 5.97 Å². The fourth-order valence-corrected chi connectivity index (χ4v) is 1.45. The Labute approximate surface area is 107 Å². The van der Waals surface area contributed by atoms with Gasteiger partial charge in [-0.25, -0.2) is 9.97 Å². The van der Waals surface area contributed by atoms with Gasteiger partial charge in [-0.05, 0) is 13.3 Å². The number of aromatic nitrogens is 2. The number of nitrogen functional groups attached to an aromatic ring is 1. The summed E-state index contributed by atoms with van der Waals surface area (Å²) in [5.74, 6) is 1.69. The number of nitrogens with two attached hydrogens (primary N) is 1. The summed E-state index contributed by atoms with van der Waals surface area (Å²) in [7, 11) is 0. The van der Waals surface area contributed by atoms with Crippen molar-refractivity contribution in [3.63, 3.8) is 0 Å². The zero-order valence-electron chi connectivity index (χ0n) is 10.9. The first-order valence-electron chi connectivity index (χ1n) is 6.18. The summed E-state index contributed by atoms with van der Waals surface area (Å²) in [5, 5.41) is 3.12. The van der Waals surface area contributed by atoms with Crippen molar-refractivity contribution >= 4 is 17.6 Å². The molecular weight excluding hydrogens is 232 g/mol. The quantitative estimate of drug-likeness (QED) is 0.562. The minimum Gasteiger partial charge on any atom is -0.466 e. The van der Waals surface area contributed by atoms with Crippen LogP contribution in [0.4, 0.5) is 11.6 Å². The molecular formula is C12H20N4O2. The van der Waals surface area contributed by atoms with Crippen LogP contribution >= 0.6 is 0 Å². The summed E-state index contributed by atoms with van der Waals surface area (Å²) in [4.78, 5) is 19.5. The van der Waals surface area contributed by atoms with Crippen molar-refractivity contribution in [3.05, 3.63) is 11.9 Å². The summed E-state index contributed by atoms with van der Waals surface area (Å²) in [5.41, 5.74) is 5.66. The summed E-state index contributed by atoms with van der Waals surface area (Å²) in [6, 6.07) is 1.68. The molecule has 0 amide bonds. The van der Waals surface area contributed by atoms with E-state index >= 15 is 0 Å². The fourth-order valence-electron chi connectivity index (χ4n) is 1.45. The predicted molar refractivity (Wildman–Crippen MR) is 70.2 cm³/mol. The van der Waals surface area contributed by atoms with Crippen LogP contribution in [0.1, 0.15) is 32.5 Å². The van der Waals surface area contributed by atoms with E-state index in [1.54, 1.807) is 13.0 Å². The Bertz CT molecular complexity index is 396. The average Bonchev–Trinajstić information content (AvgIpc) is 2.34. The van der Waals surface area contributed by atoms with E-state index in [1.165, 1.54) is 0 Å². The molecule has 1 rings (SSSR count). The summed E-state index contributed by atoms with van der Waals surface area (Å²) >= 11 is 0. The van der Waals surface area contributed by atoms with Crippen molar-refractivity contribution in [1.29, 1.82) is 0 Å². The Hall–Kier alpha value is -1.85. The Morgan fingerprint density at radius 2 is 2.22 bits per heavy atom. The lowest BCUT2D eigenvalue weighted by Crippen LogP contribution is -2.10. The van der Waals surface area contributed by atoms with Crippen LogP contribution in [0, 0.1) is 0 Å². The van der Waals surface area contributed by atoms with Gasteiger partial charge in [0, 0.05) is 25.5 Å². The largest absolute Gasteiger partial charge is 0.466 e. The summed E-state index contributed by atoms with van der Waals surface area (Å²) in [6.07, 6.45) is 1.84. The van der Waals surface area contributed by atoms with Gasteiger partial charge < -0.3 is 15.8 Å². The molecule has 0 aromatic carbocycles. The van der Waals surface area contributed by atoms with E-state index in [0.29, 0.717) is 43.5 Å². The number of nitrogens with zero attached hydrogens (tertiary/aromatic N) is 2. The molecule has 1 aromatic heterocycles. The number of carbonyl (C=O) groups is 1. The molecule has 0 bridgehead atoms. The van der Waals surface area contributed by atoms with Crippen molar-refractivity contribution < 1.29 is 9.53 Å². The molecule has 0 aliphatic rings. The van der Waals surface area contributed by atoms with Gasteiger partial charge >= 0.3 is 5.97 Å². The molecule has 1 heterocycles. The van der Waals surface area contributed by atoms with Crippen molar-refractivity contribution in [2.24, 2.45) is 0 Å². The summed E-state index contributed by atoms with van der Waals surface area (Å²) < 4.78 is 4.84. The average molecular weight is 252 g/mol. The SMILES string of the molecule is CCOC(=O)CCCNc1cc(N)nc(CC)n1. The molecule has 0 saturated carbocycles. The van der Waals surface area contributed by atoms with Gasteiger partial charge in [-0.15, -0.1) is 0 Å². The van der Waals surface area contributed by atoms with E-state index in [2.05, 4.69) is 15.3 Å². The number of hydrogen-bond donors (Lipinski definition) is 2. The third-order valence-electron chi connectivity index (χ3n) is 2.28. The molecule has 0 unspecified atom stereocenters. The van der Waals surface area contributed by atoms with Crippen LogP contribution in [-0.4, -0.2) is 29.1 Å². The maximum atomic E-state index is 11.1. The normalized spacial score (nSPS) is 10.1. The number of esters is 1. The minimum absolute atomic E-state index is 0.171. The van der Waals surface area contributed by atoms with Crippen LogP contribution in [0.15, 0.2) is 6.07 Å². The third kappa shape index (κ3) is 4.99. The molecule has 1 aromatic rings. The Balaban J connectivity index is 2.35. The molecule has 0 radical (unpaired) electrons. The zero-order chi connectivity index (χ0) is 13.4. The summed E-state index contributed by atoms with van der Waals surface area (Å²) in [6.45, 7) is 4.85. The van der Waals surface area contributed by atoms with Crippen molar-refractivity contribution in [1.82, 2.24) is 9.97 Å². The van der Waals surface area contributed by atoms with Gasteiger partial charge in [0.05, 0.1) is 6.61 Å². The second-order valence-electron chi connectivity index (χ2n) is 3.78. The predicted octanol–water partition coefficient (Wildman–Crippen LogP) is 1.38. The van der Waals surface area contributed by atoms with E-state index in [9.17, 15) is 4.79 Å². The first-order chi connectivity index (χ1) is 8.65. The van der Waals surface area contributed by atoms with Crippen LogP contribution in [-0.2, 0) is 16.0 Å². The molecule has 18 heavy (non-hydrogen) atoms. The zero-order valence-corrected chi connectivity index (χ0v) is 10.9. The number of carbonyl (C=O) groups excluding carboxylic acids is 1. The number of anilines is 2. The van der Waals surface area contributed by atoms with Crippen LogP contribution in [0.2, 0.25) is 0 Å². The Kier molecular flexibility index (Phi) is 5.90. The molecule has 3 N–H and O–H groups in total. The molecule has 0 spiro atoms. The van der Waals surface area contributed by atoms with E-state index in [0.717, 1.165) is 6.42 Å². The maximum Gasteiger partial charge on any atom is 0.305 e. The second-order valence-corrected chi connectivity index (χ2v) is 3.78. The van der Waals surface area contributed by atoms with Crippen molar-refractivity contribution in [2.45, 2.75) is 33.1 Å². The van der Waals surface area contributed by atoms with Crippen LogP contribution < -0.4 is 11.1 Å². The number of aryl methyl sites for hydroxylation is 1. The molecule has 0 fully saturated rings. The van der Waals surface area contributed by atoms with Gasteiger partial charge in [-0.1, -0.05) is 6.92 Å². The van der Waals surface area contributed by atoms with Gasteiger partial charge in [0.2, 0.25) is 0 Å². The highest BCUT2D eigenvalue weighted by Gasteiger charge is 2.03. The number of rotatable bonds is 7. The third-order valence-corrected chi connectivity index (χ3v) is 2.28. The molecule has 6 nitrogen and oxygen atoms in total. The lowest BCUT2D eigenvalue weighted by Gasteiger charge is -2.07. The molecule has 0 aliphatic carbocycles. The van der Waals surface area contributed by atoms with Crippen LogP contribution in [0.5, 0.6) is 0 Å². The van der Waals surface area contributed by atoms with Crippen LogP contribution in [0.3, 0.4) is 0 Å². The monoisotopic (exact) mass is 252 g/mol. The molecule has 0 saturated heterocycles. The molecule has 100 valence electrons. The minimum atomic E-state index is -0.171. The highest BCUT2D eigenvalue weighted by molar-refractivity contribution is 5.69. The second kappa shape index (κ2) is 7.47. The van der Waals surface area contributed by atoms with Gasteiger partial charge in [0.1, 0.15) is 17.5 Å². The molecule has 0 aliphatic heterocycles. The van der Waals surface area contributed by atoms with Gasteiger partial charge in [0.25, 0.3) is 0 Å². The van der Waals surface area contributed by atoms with Gasteiger partial charge in [-0.3, -0.25) is 4.79 Å². The standard InChI is InChI=1S/C12H20N4O2/c1-3-10-15-9(13)8-11(16-10)14-7-5-6-12(17)18-4-2/h8H,3-7H2,1-2H3,(H3,13,14,15,16). The maximum absolute atomic E-state index is 11.1. The topological polar surface area (TPSA) is 90.1 Å². The number of ether oxygens (including phenoxy) is 1. The molecule has 0 atom stereocenters. The van der Waals surface area contributed by atoms with E-state index < -0.39 is 0 Å². The lowest BCUT2D eigenvalue weighted by molar-refractivity contribution is -0.143. The smallest absolute Gasteiger partial charge is 0.305 e. The van der Waals surface area contributed by atoms with Crippen molar-refractivity contribution in [2.75, 3.05) is 24.2 Å². The highest BCUT2D eigenvalue weighted by Crippen LogP contribution is 2.09. The fraction of sp³-hybridized carbons (Fsp3) is 0.583. The van der Waals surface area contributed by atoms with Crippen molar-refractivity contribution in [3.8, 4) is 0 Å². The van der Waals surface area contributed by atoms with Gasteiger partial charge in [0.15, 0.2) is 0 Å². The van der Waals surface area contributed by atoms with E-state index in [4.69, 9.17) is 10.5 Å². The number of nitrogens with one attached hydrogen (secondary N) is 1. The Morgan fingerprint density at radius 3 is 2.89 bits per heavy atom. The molecule has 6 heteroatoms. The highest BCUT2D eigenvalue weighted by atomic mass is 16.5. The first-order valence-corrected chi connectivity index (χ1v) is 6.18. The van der Waals surface area contributed by atoms with E-state index in [1.807, 2.05) is 6.92 Å². The first kappa shape index (κ1) is 14.2.